The summed E-state index contributed by atoms with van der Waals surface area (Å²) in [7, 11) is 4.79. The van der Waals surface area contributed by atoms with Crippen LogP contribution in [0.1, 0.15) is 76.3 Å². The number of hydrazine groups is 1. The Morgan fingerprint density at radius 3 is 2.63 bits per heavy atom. The van der Waals surface area contributed by atoms with Crippen LogP contribution in [0.15, 0.2) is 35.8 Å². The summed E-state index contributed by atoms with van der Waals surface area (Å²) in [5.41, 5.74) is 7.32. The predicted molar refractivity (Wildman–Crippen MR) is 242 cm³/mol. The van der Waals surface area contributed by atoms with Gasteiger partial charge >= 0.3 is 5.97 Å². The summed E-state index contributed by atoms with van der Waals surface area (Å²) in [5, 5.41) is 5.61. The quantitative estimate of drug-likeness (QED) is 0.120. The number of aryl methyl sites for hydroxylation is 1. The Morgan fingerprint density at radius 2 is 1.90 bits per heavy atom. The van der Waals surface area contributed by atoms with E-state index in [1.807, 2.05) is 11.2 Å². The Labute approximate surface area is 373 Å². The number of ketones is 1. The molecule has 4 saturated heterocycles. The summed E-state index contributed by atoms with van der Waals surface area (Å²) in [4.78, 5) is 58.8. The highest BCUT2D eigenvalue weighted by molar-refractivity contribution is 7.10. The second-order valence-electron chi connectivity index (χ2n) is 20.0. The molecule has 0 N–H and O–H groups in total. The Hall–Kier alpha value is -3.74. The van der Waals surface area contributed by atoms with Crippen molar-refractivity contribution in [3.05, 3.63) is 52.1 Å². The molecule has 6 fully saturated rings. The molecule has 11 rings (SSSR count). The van der Waals surface area contributed by atoms with E-state index in [4.69, 9.17) is 19.4 Å². The van der Waals surface area contributed by atoms with Gasteiger partial charge in [-0.3, -0.25) is 24.4 Å². The van der Waals surface area contributed by atoms with Gasteiger partial charge < -0.3 is 23.8 Å². The van der Waals surface area contributed by atoms with Crippen LogP contribution >= 0.6 is 11.3 Å². The van der Waals surface area contributed by atoms with Gasteiger partial charge in [0.2, 0.25) is 5.91 Å². The van der Waals surface area contributed by atoms with E-state index in [1.54, 1.807) is 18.4 Å². The standard InChI is InChI=1S/C47H57N7O5SSi2/c1-8-52-36-12-11-28-19-32(36)34(39(52)33-20-29(23-48-38(33)27(3)58-7)51-16-14-50(6)15-17-51)21-45(4,5)25-59-42(56)30-10-9-13-53(54-41(30)62-54)44(57)46(22-37-49-35(28)24-60-37)43-47(46,61-43)40(55)31-18-26(31)2/h11-12,19-20,23-24,26-27,30-31,41,43H,8-10,13-18,21-22,25H2,1-7H3/t26-,27-,30+,31-,41?,43?,46?,47?,54?/m0/s1. The minimum atomic E-state index is -0.751. The lowest BCUT2D eigenvalue weighted by molar-refractivity contribution is -0.154. The topological polar surface area (TPSA) is 113 Å². The van der Waals surface area contributed by atoms with Crippen LogP contribution in [0, 0.1) is 28.6 Å². The van der Waals surface area contributed by atoms with Crippen molar-refractivity contribution in [3.8, 4) is 22.5 Å². The number of piperazine rings is 1. The van der Waals surface area contributed by atoms with Gasteiger partial charge in [-0.25, -0.2) is 9.66 Å². The van der Waals surface area contributed by atoms with Crippen LogP contribution in [0.2, 0.25) is 10.6 Å². The maximum atomic E-state index is 15.1. The first-order chi connectivity index (χ1) is 29.8. The molecule has 15 heteroatoms. The summed E-state index contributed by atoms with van der Waals surface area (Å²) in [6, 6.07) is 9.03. The second kappa shape index (κ2) is 14.6. The SMILES string of the molecule is CCn1c(-c2cc(N3CCN(C)CC3)cnc2[C@H](C)OC)c2c3cc(ccc31)-c1csc(n1)CC1(C(=O)N3CCC[C@@H](C(=O)OCC(C)(C)C2)C2[Si]N23)C2[Si]C21C(=O)[C@H]1C[C@@H]1C. The van der Waals surface area contributed by atoms with E-state index >= 15 is 4.79 Å². The zero-order chi connectivity index (χ0) is 43.0. The third-order valence-electron chi connectivity index (χ3n) is 15.4. The largest absolute Gasteiger partial charge is 0.465 e. The van der Waals surface area contributed by atoms with Crippen LogP contribution in [0.5, 0.6) is 0 Å². The summed E-state index contributed by atoms with van der Waals surface area (Å²) >= 11 is 1.62. The van der Waals surface area contributed by atoms with Gasteiger partial charge in [-0.15, -0.1) is 11.3 Å². The molecule has 9 atom stereocenters. The van der Waals surface area contributed by atoms with E-state index < -0.39 is 15.9 Å². The Bertz CT molecular complexity index is 2520. The number of esters is 1. The number of thiazole rings is 1. The smallest absolute Gasteiger partial charge is 0.310 e. The predicted octanol–water partition coefficient (Wildman–Crippen LogP) is 6.28. The first-order valence-electron chi connectivity index (χ1n) is 22.7. The monoisotopic (exact) mass is 887 g/mol. The molecular formula is C47H57N7O5SSi2. The number of nitrogens with zero attached hydrogens (tertiary/aromatic N) is 7. The van der Waals surface area contributed by atoms with Crippen molar-refractivity contribution < 1.29 is 23.9 Å². The molecule has 8 heterocycles. The highest BCUT2D eigenvalue weighted by atomic mass is 32.1. The molecule has 4 aromatic rings. The molecule has 7 aliphatic rings. The second-order valence-corrected chi connectivity index (χ2v) is 23.9. The van der Waals surface area contributed by atoms with E-state index in [0.717, 1.165) is 95.4 Å². The molecule has 62 heavy (non-hydrogen) atoms. The fourth-order valence-electron chi connectivity index (χ4n) is 11.3. The van der Waals surface area contributed by atoms with Crippen molar-refractivity contribution in [1.82, 2.24) is 29.1 Å². The van der Waals surface area contributed by atoms with E-state index in [2.05, 4.69) is 90.4 Å². The van der Waals surface area contributed by atoms with Gasteiger partial charge in [0.15, 0.2) is 9.68 Å². The zero-order valence-corrected chi connectivity index (χ0v) is 39.8. The summed E-state index contributed by atoms with van der Waals surface area (Å²) in [6.45, 7) is 16.3. The number of carbonyl (C=O) groups excluding carboxylic acids is 3. The Morgan fingerprint density at radius 1 is 1.11 bits per heavy atom. The van der Waals surface area contributed by atoms with E-state index in [-0.39, 0.29) is 47.6 Å². The number of Topliss-reactive ketones (excluding diaryl/α,β-unsaturated/α-hetero) is 1. The highest BCUT2D eigenvalue weighted by Crippen LogP contribution is 2.95. The molecule has 6 bridgehead atoms. The van der Waals surface area contributed by atoms with Crippen LogP contribution in [-0.2, 0) is 43.2 Å². The minimum Gasteiger partial charge on any atom is -0.465 e. The van der Waals surface area contributed by atoms with Gasteiger partial charge in [-0.2, -0.15) is 0 Å². The molecule has 5 aliphatic heterocycles. The molecule has 2 aliphatic carbocycles. The maximum absolute atomic E-state index is 15.1. The van der Waals surface area contributed by atoms with Crippen molar-refractivity contribution in [2.24, 2.45) is 28.6 Å². The molecule has 3 aromatic heterocycles. The number of rotatable bonds is 7. The third kappa shape index (κ3) is 6.29. The summed E-state index contributed by atoms with van der Waals surface area (Å²) in [5.74, 6) is 0.415. The van der Waals surface area contributed by atoms with Crippen molar-refractivity contribution in [3.63, 3.8) is 0 Å². The molecule has 12 nitrogen and oxygen atoms in total. The number of anilines is 1. The van der Waals surface area contributed by atoms with Crippen molar-refractivity contribution >= 4 is 64.8 Å². The Balaban J connectivity index is 1.05. The van der Waals surface area contributed by atoms with Crippen molar-refractivity contribution in [1.29, 1.82) is 0 Å². The van der Waals surface area contributed by atoms with E-state index in [0.29, 0.717) is 56.7 Å². The fourth-order valence-corrected chi connectivity index (χ4v) is 15.8. The van der Waals surface area contributed by atoms with Gasteiger partial charge in [-0.1, -0.05) is 26.8 Å². The number of pyridine rings is 1. The third-order valence-corrected chi connectivity index (χ3v) is 20.0. The number of amides is 1. The molecule has 5 unspecified atom stereocenters. The molecule has 1 aromatic carbocycles. The molecule has 324 valence electrons. The van der Waals surface area contributed by atoms with Gasteiger partial charge in [-0.05, 0) is 81.8 Å². The van der Waals surface area contributed by atoms with Crippen molar-refractivity contribution in [2.75, 3.05) is 58.4 Å². The number of hydrogen-bond acceptors (Lipinski definition) is 11. The lowest BCUT2D eigenvalue weighted by Crippen LogP contribution is -2.47. The first-order valence-corrected chi connectivity index (χ1v) is 25.7. The number of fused-ring (bicyclic) bond motifs is 7. The van der Waals surface area contributed by atoms with Gasteiger partial charge in [0, 0.05) is 102 Å². The van der Waals surface area contributed by atoms with Crippen LogP contribution in [0.3, 0.4) is 0 Å². The molecule has 1 amide bonds. The molecule has 2 saturated carbocycles. The number of ether oxygens (including phenoxy) is 2. The number of methoxy groups -OCH3 is 1. The average Bonchev–Trinajstić information content (AvgIpc) is 4.20. The van der Waals surface area contributed by atoms with Gasteiger partial charge in [0.25, 0.3) is 0 Å². The molecule has 1 spiro atoms. The highest BCUT2D eigenvalue weighted by Gasteiger charge is 2.96. The van der Waals surface area contributed by atoms with Crippen LogP contribution in [-0.4, -0.2) is 125 Å². The number of carbonyl (C=O) groups is 3. The van der Waals surface area contributed by atoms with Crippen LogP contribution in [0.25, 0.3) is 33.4 Å². The van der Waals surface area contributed by atoms with Gasteiger partial charge in [0.05, 0.1) is 67.5 Å². The lowest BCUT2D eigenvalue weighted by Gasteiger charge is -2.34. The minimum absolute atomic E-state index is 0.0390. The number of hydrogen-bond donors (Lipinski definition) is 0. The summed E-state index contributed by atoms with van der Waals surface area (Å²) in [6.07, 6.45) is 5.26. The number of aromatic nitrogens is 3. The molecular weight excluding hydrogens is 831 g/mol. The fraction of sp³-hybridized carbons (Fsp3) is 0.596. The van der Waals surface area contributed by atoms with Crippen LogP contribution in [0.4, 0.5) is 5.69 Å². The van der Waals surface area contributed by atoms with Crippen LogP contribution < -0.4 is 4.90 Å². The van der Waals surface area contributed by atoms with E-state index in [1.165, 1.54) is 5.56 Å². The Kier molecular flexibility index (Phi) is 9.68. The van der Waals surface area contributed by atoms with Crippen molar-refractivity contribution in [2.45, 2.75) is 95.6 Å². The van der Waals surface area contributed by atoms with E-state index in [9.17, 15) is 9.59 Å². The average molecular weight is 888 g/mol. The molecule has 4 radical (unpaired) electrons. The zero-order valence-electron chi connectivity index (χ0n) is 37.0. The number of cyclic esters (lactones) is 1. The summed E-state index contributed by atoms with van der Waals surface area (Å²) < 4.78 is 16.9. The lowest BCUT2D eigenvalue weighted by atomic mass is 9.84. The first kappa shape index (κ1) is 41.0. The number of benzene rings is 1. The van der Waals surface area contributed by atoms with Gasteiger partial charge in [0.1, 0.15) is 5.78 Å². The maximum Gasteiger partial charge on any atom is 0.310 e. The number of likely N-dealkylation sites (N-methyl/N-ethyl adjacent to an activating group) is 1. The normalized spacial score (nSPS) is 33.0.